The van der Waals surface area contributed by atoms with Crippen LogP contribution in [0, 0.1) is 28.6 Å². The van der Waals surface area contributed by atoms with Gasteiger partial charge in [0.1, 0.15) is 5.75 Å². The molecule has 11 heteroatoms. The SMILES string of the molecule is CC1(C)CC(=O)N(C(c2cccc(C#N)c2)[C@@H]2C[C@H]2C(=O)N[C@H]2C[C@H](C(F)(F)F)Oc3ccccc32)C(=N)N1. The van der Waals surface area contributed by atoms with Gasteiger partial charge in [0.05, 0.1) is 23.7 Å². The first-order chi connectivity index (χ1) is 18.4. The lowest BCUT2D eigenvalue weighted by Crippen LogP contribution is -2.60. The van der Waals surface area contributed by atoms with Crippen LogP contribution in [0.5, 0.6) is 5.75 Å². The molecular weight excluding hydrogens is 511 g/mol. The van der Waals surface area contributed by atoms with Crippen LogP contribution in [0.3, 0.4) is 0 Å². The summed E-state index contributed by atoms with van der Waals surface area (Å²) in [5.41, 5.74) is 0.847. The highest BCUT2D eigenvalue weighted by Gasteiger charge is 2.54. The van der Waals surface area contributed by atoms with E-state index in [1.165, 1.54) is 11.0 Å². The van der Waals surface area contributed by atoms with Gasteiger partial charge in [-0.3, -0.25) is 19.9 Å². The van der Waals surface area contributed by atoms with Gasteiger partial charge in [-0.2, -0.15) is 18.4 Å². The Morgan fingerprint density at radius 2 is 1.97 bits per heavy atom. The van der Waals surface area contributed by atoms with Crippen LogP contribution in [0.2, 0.25) is 0 Å². The van der Waals surface area contributed by atoms with E-state index in [1.54, 1.807) is 42.5 Å². The van der Waals surface area contributed by atoms with Crippen molar-refractivity contribution in [2.45, 2.75) is 63.0 Å². The van der Waals surface area contributed by atoms with Crippen molar-refractivity contribution in [3.8, 4) is 11.8 Å². The van der Waals surface area contributed by atoms with Crippen LogP contribution in [0.1, 0.15) is 61.9 Å². The maximum atomic E-state index is 13.5. The van der Waals surface area contributed by atoms with E-state index in [2.05, 4.69) is 16.7 Å². The maximum Gasteiger partial charge on any atom is 0.425 e. The van der Waals surface area contributed by atoms with Crippen molar-refractivity contribution in [3.63, 3.8) is 0 Å². The van der Waals surface area contributed by atoms with Crippen molar-refractivity contribution < 1.29 is 27.5 Å². The molecule has 0 spiro atoms. The number of hydrogen-bond donors (Lipinski definition) is 3. The van der Waals surface area contributed by atoms with Gasteiger partial charge in [0.15, 0.2) is 12.1 Å². The molecule has 5 rings (SSSR count). The van der Waals surface area contributed by atoms with Crippen LogP contribution in [0.25, 0.3) is 0 Å². The molecule has 2 aliphatic heterocycles. The standard InChI is InChI=1S/C28H28F3N5O3/c1-27(2)13-23(37)36(26(33)35-27)24(16-7-5-6-15(10-16)14-32)18-11-19(18)25(38)34-20-12-22(28(29,30)31)39-21-9-4-3-8-17(20)21/h3-10,18-20,22,24H,11-13H2,1-2H3,(H2,33,35)(H,34,38)/t18-,19-,20+,22-,24?/m1/s1. The Balaban J connectivity index is 1.40. The van der Waals surface area contributed by atoms with Crippen LogP contribution < -0.4 is 15.4 Å². The van der Waals surface area contributed by atoms with Crippen LogP contribution in [0.4, 0.5) is 13.2 Å². The van der Waals surface area contributed by atoms with Gasteiger partial charge in [-0.25, -0.2) is 0 Å². The molecule has 1 unspecified atom stereocenters. The molecule has 204 valence electrons. The molecule has 0 bridgehead atoms. The van der Waals surface area contributed by atoms with E-state index < -0.39 is 48.1 Å². The second-order valence-electron chi connectivity index (χ2n) is 11.0. The number of rotatable bonds is 5. The molecule has 2 heterocycles. The van der Waals surface area contributed by atoms with E-state index in [1.807, 2.05) is 13.8 Å². The number of nitriles is 1. The van der Waals surface area contributed by atoms with E-state index in [4.69, 9.17) is 10.1 Å². The van der Waals surface area contributed by atoms with Crippen molar-refractivity contribution >= 4 is 17.8 Å². The highest BCUT2D eigenvalue weighted by molar-refractivity contribution is 5.99. The zero-order valence-electron chi connectivity index (χ0n) is 21.4. The summed E-state index contributed by atoms with van der Waals surface area (Å²) in [6.07, 6.45) is -6.58. The molecule has 2 amide bonds. The first kappa shape index (κ1) is 26.5. The lowest BCUT2D eigenvalue weighted by atomic mass is 9.92. The quantitative estimate of drug-likeness (QED) is 0.523. The van der Waals surface area contributed by atoms with E-state index >= 15 is 0 Å². The number of carbonyl (C=O) groups is 2. The van der Waals surface area contributed by atoms with Crippen LogP contribution in [-0.2, 0) is 9.59 Å². The summed E-state index contributed by atoms with van der Waals surface area (Å²) < 4.78 is 45.8. The predicted molar refractivity (Wildman–Crippen MR) is 134 cm³/mol. The van der Waals surface area contributed by atoms with Gasteiger partial charge in [0.25, 0.3) is 0 Å². The lowest BCUT2D eigenvalue weighted by Gasteiger charge is -2.42. The topological polar surface area (TPSA) is 118 Å². The molecule has 5 atom stereocenters. The fraction of sp³-hybridized carbons (Fsp3) is 0.429. The third-order valence-corrected chi connectivity index (χ3v) is 7.47. The number of ether oxygens (including phenoxy) is 1. The van der Waals surface area contributed by atoms with E-state index in [-0.39, 0.29) is 30.0 Å². The van der Waals surface area contributed by atoms with Crippen molar-refractivity contribution in [2.75, 3.05) is 0 Å². The number of fused-ring (bicyclic) bond motifs is 1. The monoisotopic (exact) mass is 539 g/mol. The number of para-hydroxylation sites is 1. The number of carbonyl (C=O) groups excluding carboxylic acids is 2. The second kappa shape index (κ2) is 9.59. The lowest BCUT2D eigenvalue weighted by molar-refractivity contribution is -0.201. The molecule has 0 radical (unpaired) electrons. The van der Waals surface area contributed by atoms with Crippen molar-refractivity contribution in [2.24, 2.45) is 11.8 Å². The summed E-state index contributed by atoms with van der Waals surface area (Å²) in [5, 5.41) is 23.8. The number of alkyl halides is 3. The zero-order chi connectivity index (χ0) is 28.1. The van der Waals surface area contributed by atoms with Gasteiger partial charge in [0, 0.05) is 29.9 Å². The maximum absolute atomic E-state index is 13.5. The third kappa shape index (κ3) is 5.28. The minimum absolute atomic E-state index is 0.0796. The van der Waals surface area contributed by atoms with Gasteiger partial charge in [-0.15, -0.1) is 0 Å². The van der Waals surface area contributed by atoms with Crippen molar-refractivity contribution in [1.29, 1.82) is 10.7 Å². The Hall–Kier alpha value is -4.07. The van der Waals surface area contributed by atoms with Gasteiger partial charge >= 0.3 is 6.18 Å². The Bertz CT molecular complexity index is 1350. The summed E-state index contributed by atoms with van der Waals surface area (Å²) in [6, 6.07) is 13.5. The summed E-state index contributed by atoms with van der Waals surface area (Å²) >= 11 is 0. The fourth-order valence-corrected chi connectivity index (χ4v) is 5.59. The van der Waals surface area contributed by atoms with E-state index in [9.17, 15) is 28.0 Å². The Kier molecular flexibility index (Phi) is 6.53. The zero-order valence-corrected chi connectivity index (χ0v) is 21.4. The Labute approximate surface area is 223 Å². The van der Waals surface area contributed by atoms with Crippen molar-refractivity contribution in [3.05, 3.63) is 65.2 Å². The normalized spacial score (nSPS) is 26.4. The molecule has 1 saturated carbocycles. The second-order valence-corrected chi connectivity index (χ2v) is 11.0. The fourth-order valence-electron chi connectivity index (χ4n) is 5.59. The molecule has 2 aromatic carbocycles. The third-order valence-electron chi connectivity index (χ3n) is 7.47. The predicted octanol–water partition coefficient (Wildman–Crippen LogP) is 4.34. The van der Waals surface area contributed by atoms with Crippen LogP contribution in [-0.4, -0.2) is 40.5 Å². The molecule has 3 N–H and O–H groups in total. The minimum Gasteiger partial charge on any atom is -0.480 e. The molecule has 39 heavy (non-hydrogen) atoms. The number of hydrogen-bond acceptors (Lipinski definition) is 5. The molecule has 2 fully saturated rings. The number of nitrogens with zero attached hydrogens (tertiary/aromatic N) is 2. The number of guanidine groups is 1. The molecular formula is C28H28F3N5O3. The molecule has 0 aromatic heterocycles. The summed E-state index contributed by atoms with van der Waals surface area (Å²) in [4.78, 5) is 28.0. The first-order valence-corrected chi connectivity index (χ1v) is 12.7. The van der Waals surface area contributed by atoms with Gasteiger partial charge in [0.2, 0.25) is 11.8 Å². The molecule has 3 aliphatic rings. The molecule has 8 nitrogen and oxygen atoms in total. The number of nitrogens with one attached hydrogen (secondary N) is 3. The van der Waals surface area contributed by atoms with Gasteiger partial charge in [-0.05, 0) is 49.9 Å². The molecule has 1 aliphatic carbocycles. The van der Waals surface area contributed by atoms with Crippen LogP contribution >= 0.6 is 0 Å². The smallest absolute Gasteiger partial charge is 0.425 e. The highest BCUT2D eigenvalue weighted by atomic mass is 19.4. The average molecular weight is 540 g/mol. The van der Waals surface area contributed by atoms with Gasteiger partial charge < -0.3 is 15.4 Å². The molecule has 1 saturated heterocycles. The van der Waals surface area contributed by atoms with E-state index in [0.29, 0.717) is 23.1 Å². The van der Waals surface area contributed by atoms with Crippen molar-refractivity contribution in [1.82, 2.24) is 15.5 Å². The molecule has 2 aromatic rings. The Morgan fingerprint density at radius 3 is 2.67 bits per heavy atom. The first-order valence-electron chi connectivity index (χ1n) is 12.7. The average Bonchev–Trinajstić information content (AvgIpc) is 3.65. The number of benzene rings is 2. The number of halogens is 3. The minimum atomic E-state index is -4.59. The summed E-state index contributed by atoms with van der Waals surface area (Å²) in [7, 11) is 0. The largest absolute Gasteiger partial charge is 0.480 e. The summed E-state index contributed by atoms with van der Waals surface area (Å²) in [6.45, 7) is 3.63. The highest BCUT2D eigenvalue weighted by Crippen LogP contribution is 2.52. The summed E-state index contributed by atoms with van der Waals surface area (Å²) in [5.74, 6) is -1.70. The Morgan fingerprint density at radius 1 is 1.23 bits per heavy atom. The number of amides is 2. The van der Waals surface area contributed by atoms with Gasteiger partial charge in [-0.1, -0.05) is 30.3 Å². The van der Waals surface area contributed by atoms with Crippen LogP contribution in [0.15, 0.2) is 48.5 Å². The van der Waals surface area contributed by atoms with E-state index in [0.717, 1.165) is 0 Å².